The van der Waals surface area contributed by atoms with Crippen molar-refractivity contribution >= 4 is 33.4 Å². The molecule has 0 bridgehead atoms. The lowest BCUT2D eigenvalue weighted by Crippen LogP contribution is -2.50. The molecule has 1 saturated heterocycles. The van der Waals surface area contributed by atoms with E-state index in [9.17, 15) is 18.0 Å². The van der Waals surface area contributed by atoms with E-state index >= 15 is 0 Å². The lowest BCUT2D eigenvalue weighted by atomic mass is 10.0. The third-order valence-corrected chi connectivity index (χ3v) is 6.75. The number of hydrogen-bond acceptors (Lipinski definition) is 6. The van der Waals surface area contributed by atoms with Crippen molar-refractivity contribution < 1.29 is 27.5 Å². The Labute approximate surface area is 184 Å². The lowest BCUT2D eigenvalue weighted by Gasteiger charge is -2.33. The minimum atomic E-state index is -3.49. The van der Waals surface area contributed by atoms with Gasteiger partial charge in [0.1, 0.15) is 17.4 Å². The van der Waals surface area contributed by atoms with Crippen molar-refractivity contribution in [1.29, 1.82) is 0 Å². The molecule has 0 saturated carbocycles. The van der Waals surface area contributed by atoms with E-state index < -0.39 is 33.7 Å². The first-order valence-corrected chi connectivity index (χ1v) is 12.1. The first-order valence-electron chi connectivity index (χ1n) is 10.4. The summed E-state index contributed by atoms with van der Waals surface area (Å²) in [5, 5.41) is 5.39. The molecular formula is C21H33N3O6S. The molecule has 0 spiro atoms. The molecule has 1 aromatic rings. The number of nitrogens with zero attached hydrogens (tertiary/aromatic N) is 1. The van der Waals surface area contributed by atoms with Gasteiger partial charge < -0.3 is 14.8 Å². The number of hydrogen-bond donors (Lipinski definition) is 2. The zero-order chi connectivity index (χ0) is 23.2. The molecule has 1 aliphatic rings. The molecule has 0 radical (unpaired) electrons. The topological polar surface area (TPSA) is 114 Å². The maximum absolute atomic E-state index is 12.9. The second kappa shape index (κ2) is 10.3. The van der Waals surface area contributed by atoms with Gasteiger partial charge in [-0.3, -0.25) is 10.1 Å². The number of benzene rings is 1. The molecule has 2 amide bonds. The number of methoxy groups -OCH3 is 1. The molecule has 174 valence electrons. The number of sulfonamides is 1. The predicted molar refractivity (Wildman–Crippen MR) is 120 cm³/mol. The molecule has 1 aliphatic heterocycles. The normalized spacial score (nSPS) is 17.6. The molecule has 0 aliphatic carbocycles. The molecule has 0 aromatic heterocycles. The number of nitrogens with one attached hydrogen (secondary N) is 2. The Morgan fingerprint density at radius 3 is 2.52 bits per heavy atom. The Kier molecular flexibility index (Phi) is 8.30. The van der Waals surface area contributed by atoms with Crippen LogP contribution in [0.25, 0.3) is 0 Å². The van der Waals surface area contributed by atoms with Crippen LogP contribution in [-0.2, 0) is 19.6 Å². The molecule has 1 fully saturated rings. The van der Waals surface area contributed by atoms with Gasteiger partial charge in [0.2, 0.25) is 15.9 Å². The van der Waals surface area contributed by atoms with Crippen LogP contribution in [0.3, 0.4) is 0 Å². The summed E-state index contributed by atoms with van der Waals surface area (Å²) in [4.78, 5) is 25.1. The highest BCUT2D eigenvalue weighted by Crippen LogP contribution is 2.29. The van der Waals surface area contributed by atoms with E-state index in [1.165, 1.54) is 11.4 Å². The maximum Gasteiger partial charge on any atom is 0.412 e. The molecule has 1 heterocycles. The molecule has 10 heteroatoms. The Balaban J connectivity index is 2.19. The zero-order valence-electron chi connectivity index (χ0n) is 18.9. The number of piperidine rings is 1. The standard InChI is InChI=1S/C21H33N3O6S/c1-6-13-31(27,28)24-12-8-7-9-17(24)19(25)22-15-10-11-18(29-5)16(14-15)23-20(26)30-21(2,3)4/h10-11,14,17H,6-9,12-13H2,1-5H3,(H,22,25)(H,23,26). The van der Waals surface area contributed by atoms with Gasteiger partial charge in [0.25, 0.3) is 0 Å². The van der Waals surface area contributed by atoms with Crippen molar-refractivity contribution in [3.63, 3.8) is 0 Å². The van der Waals surface area contributed by atoms with Gasteiger partial charge in [-0.05, 0) is 58.2 Å². The van der Waals surface area contributed by atoms with Crippen molar-refractivity contribution in [2.45, 2.75) is 65.0 Å². The van der Waals surface area contributed by atoms with Gasteiger partial charge in [0, 0.05) is 12.2 Å². The van der Waals surface area contributed by atoms with Crippen LogP contribution >= 0.6 is 0 Å². The van der Waals surface area contributed by atoms with Crippen LogP contribution in [0.4, 0.5) is 16.2 Å². The molecule has 31 heavy (non-hydrogen) atoms. The molecule has 1 aromatic carbocycles. The molecule has 2 rings (SSSR count). The fraction of sp³-hybridized carbons (Fsp3) is 0.619. The number of rotatable bonds is 7. The summed E-state index contributed by atoms with van der Waals surface area (Å²) in [5.41, 5.74) is 0.0707. The number of carbonyl (C=O) groups is 2. The Bertz CT molecular complexity index is 895. The van der Waals surface area contributed by atoms with E-state index in [1.54, 1.807) is 45.9 Å². The summed E-state index contributed by atoms with van der Waals surface area (Å²) in [6.45, 7) is 7.40. The summed E-state index contributed by atoms with van der Waals surface area (Å²) in [7, 11) is -2.03. The molecule has 9 nitrogen and oxygen atoms in total. The van der Waals surface area contributed by atoms with E-state index in [1.807, 2.05) is 0 Å². The lowest BCUT2D eigenvalue weighted by molar-refractivity contribution is -0.120. The number of ether oxygens (including phenoxy) is 2. The number of carbonyl (C=O) groups excluding carboxylic acids is 2. The monoisotopic (exact) mass is 455 g/mol. The summed E-state index contributed by atoms with van der Waals surface area (Å²) in [5.74, 6) is 0.0185. The van der Waals surface area contributed by atoms with Crippen LogP contribution in [0.1, 0.15) is 53.4 Å². The maximum atomic E-state index is 12.9. The third kappa shape index (κ3) is 7.10. The van der Waals surface area contributed by atoms with Gasteiger partial charge in [0.05, 0.1) is 18.6 Å². The second-order valence-corrected chi connectivity index (χ2v) is 10.5. The summed E-state index contributed by atoms with van der Waals surface area (Å²) in [6.07, 6.45) is 1.82. The average molecular weight is 456 g/mol. The Hall–Kier alpha value is -2.33. The van der Waals surface area contributed by atoms with Crippen LogP contribution in [0, 0.1) is 0 Å². The Morgan fingerprint density at radius 1 is 1.19 bits per heavy atom. The van der Waals surface area contributed by atoms with Crippen LogP contribution < -0.4 is 15.4 Å². The molecule has 1 unspecified atom stereocenters. The van der Waals surface area contributed by atoms with Crippen molar-refractivity contribution in [2.24, 2.45) is 0 Å². The van der Waals surface area contributed by atoms with E-state index in [4.69, 9.17) is 9.47 Å². The van der Waals surface area contributed by atoms with E-state index in [0.717, 1.165) is 12.8 Å². The van der Waals surface area contributed by atoms with Crippen LogP contribution in [0.15, 0.2) is 18.2 Å². The van der Waals surface area contributed by atoms with E-state index in [2.05, 4.69) is 10.6 Å². The van der Waals surface area contributed by atoms with Crippen molar-refractivity contribution in [3.05, 3.63) is 18.2 Å². The Morgan fingerprint density at radius 2 is 1.90 bits per heavy atom. The number of anilines is 2. The van der Waals surface area contributed by atoms with Gasteiger partial charge in [-0.1, -0.05) is 13.3 Å². The van der Waals surface area contributed by atoms with Crippen LogP contribution in [0.5, 0.6) is 5.75 Å². The number of amides is 2. The van der Waals surface area contributed by atoms with Gasteiger partial charge in [-0.15, -0.1) is 0 Å². The van der Waals surface area contributed by atoms with Crippen LogP contribution in [-0.4, -0.2) is 55.8 Å². The first-order chi connectivity index (χ1) is 14.5. The van der Waals surface area contributed by atoms with Crippen molar-refractivity contribution in [2.75, 3.05) is 30.0 Å². The predicted octanol–water partition coefficient (Wildman–Crippen LogP) is 3.58. The largest absolute Gasteiger partial charge is 0.495 e. The SMILES string of the molecule is CCCS(=O)(=O)N1CCCCC1C(=O)Nc1ccc(OC)c(NC(=O)OC(C)(C)C)c1. The zero-order valence-corrected chi connectivity index (χ0v) is 19.7. The highest BCUT2D eigenvalue weighted by molar-refractivity contribution is 7.89. The highest BCUT2D eigenvalue weighted by atomic mass is 32.2. The second-order valence-electron chi connectivity index (χ2n) is 8.47. The van der Waals surface area contributed by atoms with E-state index in [-0.39, 0.29) is 5.75 Å². The molecular weight excluding hydrogens is 422 g/mol. The van der Waals surface area contributed by atoms with Gasteiger partial charge in [0.15, 0.2) is 0 Å². The third-order valence-electron chi connectivity index (χ3n) is 4.68. The molecule has 1 atom stereocenters. The van der Waals surface area contributed by atoms with Crippen molar-refractivity contribution in [1.82, 2.24) is 4.31 Å². The smallest absolute Gasteiger partial charge is 0.412 e. The summed E-state index contributed by atoms with van der Waals surface area (Å²) in [6, 6.07) is 4.03. The molecule has 2 N–H and O–H groups in total. The van der Waals surface area contributed by atoms with Crippen molar-refractivity contribution in [3.8, 4) is 5.75 Å². The fourth-order valence-electron chi connectivity index (χ4n) is 3.40. The van der Waals surface area contributed by atoms with Gasteiger partial charge in [-0.25, -0.2) is 13.2 Å². The van der Waals surface area contributed by atoms with Gasteiger partial charge >= 0.3 is 6.09 Å². The average Bonchev–Trinajstić information content (AvgIpc) is 2.66. The first kappa shape index (κ1) is 24.9. The summed E-state index contributed by atoms with van der Waals surface area (Å²) >= 11 is 0. The van der Waals surface area contributed by atoms with Gasteiger partial charge in [-0.2, -0.15) is 4.31 Å². The van der Waals surface area contributed by atoms with E-state index in [0.29, 0.717) is 36.5 Å². The quantitative estimate of drug-likeness (QED) is 0.650. The minimum absolute atomic E-state index is 0.0171. The fourth-order valence-corrected chi connectivity index (χ4v) is 5.14. The van der Waals surface area contributed by atoms with Crippen LogP contribution in [0.2, 0.25) is 0 Å². The highest BCUT2D eigenvalue weighted by Gasteiger charge is 2.36. The summed E-state index contributed by atoms with van der Waals surface area (Å²) < 4.78 is 37.0. The minimum Gasteiger partial charge on any atom is -0.495 e.